The SMILES string of the molecule is COC1(C)CC(NC(=O)c2cc3ccccc3c(=O)[nH]2)C1(C)C. The lowest BCUT2D eigenvalue weighted by atomic mass is 9.56. The van der Waals surface area contributed by atoms with Crippen LogP contribution >= 0.6 is 0 Å². The summed E-state index contributed by atoms with van der Waals surface area (Å²) in [4.78, 5) is 27.3. The van der Waals surface area contributed by atoms with E-state index in [9.17, 15) is 9.59 Å². The first kappa shape index (κ1) is 15.7. The fraction of sp³-hybridized carbons (Fsp3) is 0.444. The number of H-pyrrole nitrogens is 1. The van der Waals surface area contributed by atoms with Gasteiger partial charge < -0.3 is 15.0 Å². The largest absolute Gasteiger partial charge is 0.378 e. The quantitative estimate of drug-likeness (QED) is 0.914. The van der Waals surface area contributed by atoms with Crippen molar-refractivity contribution in [2.24, 2.45) is 5.41 Å². The van der Waals surface area contributed by atoms with Crippen molar-refractivity contribution >= 4 is 16.7 Å². The first-order valence-corrected chi connectivity index (χ1v) is 7.76. The first-order chi connectivity index (χ1) is 10.8. The van der Waals surface area contributed by atoms with Crippen LogP contribution in [0.4, 0.5) is 0 Å². The van der Waals surface area contributed by atoms with Gasteiger partial charge in [0.25, 0.3) is 11.5 Å². The van der Waals surface area contributed by atoms with Gasteiger partial charge in [0.2, 0.25) is 0 Å². The van der Waals surface area contributed by atoms with Gasteiger partial charge in [-0.2, -0.15) is 0 Å². The molecule has 1 aromatic carbocycles. The van der Waals surface area contributed by atoms with E-state index in [0.29, 0.717) is 5.39 Å². The van der Waals surface area contributed by atoms with Crippen molar-refractivity contribution < 1.29 is 9.53 Å². The Balaban J connectivity index is 1.84. The van der Waals surface area contributed by atoms with Gasteiger partial charge >= 0.3 is 0 Å². The third kappa shape index (κ3) is 2.36. The molecule has 0 radical (unpaired) electrons. The number of benzene rings is 1. The normalized spacial score (nSPS) is 25.8. The number of hydrogen-bond acceptors (Lipinski definition) is 3. The topological polar surface area (TPSA) is 71.2 Å². The second-order valence-electron chi connectivity index (χ2n) is 6.99. The Hall–Kier alpha value is -2.14. The lowest BCUT2D eigenvalue weighted by Gasteiger charge is -2.59. The summed E-state index contributed by atoms with van der Waals surface area (Å²) < 4.78 is 5.57. The zero-order valence-corrected chi connectivity index (χ0v) is 13.9. The summed E-state index contributed by atoms with van der Waals surface area (Å²) in [6.07, 6.45) is 0.750. The molecule has 0 saturated heterocycles. The molecule has 1 saturated carbocycles. The maximum atomic E-state index is 12.5. The van der Waals surface area contributed by atoms with E-state index in [0.717, 1.165) is 11.8 Å². The highest BCUT2D eigenvalue weighted by Gasteiger charge is 2.58. The van der Waals surface area contributed by atoms with Gasteiger partial charge in [-0.05, 0) is 30.9 Å². The molecule has 1 aromatic heterocycles. The van der Waals surface area contributed by atoms with Crippen LogP contribution in [0.1, 0.15) is 37.7 Å². The Bertz CT molecular complexity index is 824. The fourth-order valence-corrected chi connectivity index (χ4v) is 3.29. The average molecular weight is 314 g/mol. The van der Waals surface area contributed by atoms with E-state index in [1.54, 1.807) is 25.3 Å². The van der Waals surface area contributed by atoms with Gasteiger partial charge in [-0.15, -0.1) is 0 Å². The van der Waals surface area contributed by atoms with E-state index in [1.807, 2.05) is 19.1 Å². The van der Waals surface area contributed by atoms with Crippen LogP contribution in [0.2, 0.25) is 0 Å². The molecule has 0 spiro atoms. The molecule has 23 heavy (non-hydrogen) atoms. The van der Waals surface area contributed by atoms with Crippen molar-refractivity contribution in [1.29, 1.82) is 0 Å². The van der Waals surface area contributed by atoms with Gasteiger partial charge in [-0.3, -0.25) is 9.59 Å². The lowest BCUT2D eigenvalue weighted by molar-refractivity contribution is -0.177. The van der Waals surface area contributed by atoms with E-state index in [4.69, 9.17) is 4.74 Å². The second kappa shape index (κ2) is 5.20. The minimum absolute atomic E-state index is 0.00919. The van der Waals surface area contributed by atoms with Crippen LogP contribution in [0.3, 0.4) is 0 Å². The fourth-order valence-electron chi connectivity index (χ4n) is 3.29. The summed E-state index contributed by atoms with van der Waals surface area (Å²) in [7, 11) is 1.70. The number of ether oxygens (including phenoxy) is 1. The van der Waals surface area contributed by atoms with Crippen LogP contribution in [0.25, 0.3) is 10.8 Å². The molecule has 2 aromatic rings. The molecule has 0 aliphatic heterocycles. The number of rotatable bonds is 3. The number of aromatic nitrogens is 1. The number of amides is 1. The number of hydrogen-bond donors (Lipinski definition) is 2. The van der Waals surface area contributed by atoms with Crippen LogP contribution in [0.5, 0.6) is 0 Å². The van der Waals surface area contributed by atoms with Gasteiger partial charge in [0, 0.05) is 24.0 Å². The van der Waals surface area contributed by atoms with Crippen LogP contribution in [-0.2, 0) is 4.74 Å². The smallest absolute Gasteiger partial charge is 0.268 e. The molecule has 1 fully saturated rings. The Morgan fingerprint density at radius 2 is 2.00 bits per heavy atom. The van der Waals surface area contributed by atoms with Crippen molar-refractivity contribution in [1.82, 2.24) is 10.3 Å². The lowest BCUT2D eigenvalue weighted by Crippen LogP contribution is -2.68. The third-order valence-electron chi connectivity index (χ3n) is 5.58. The molecule has 5 heteroatoms. The number of nitrogens with one attached hydrogen (secondary N) is 2. The predicted octanol–water partition coefficient (Wildman–Crippen LogP) is 2.46. The molecule has 1 aliphatic rings. The standard InChI is InChI=1S/C18H22N2O3/c1-17(2)14(10-18(17,3)23-4)20-16(22)13-9-11-7-5-6-8-12(11)15(21)19-13/h5-9,14H,10H2,1-4H3,(H,19,21)(H,20,22). The van der Waals surface area contributed by atoms with Crippen LogP contribution in [-0.4, -0.2) is 29.6 Å². The number of pyridine rings is 1. The Morgan fingerprint density at radius 3 is 2.65 bits per heavy atom. The van der Waals surface area contributed by atoms with Crippen molar-refractivity contribution in [3.05, 3.63) is 46.4 Å². The molecular formula is C18H22N2O3. The molecule has 2 unspecified atom stereocenters. The maximum absolute atomic E-state index is 12.5. The monoisotopic (exact) mass is 314 g/mol. The molecule has 3 rings (SSSR count). The van der Waals surface area contributed by atoms with Gasteiger partial charge in [-0.25, -0.2) is 0 Å². The number of methoxy groups -OCH3 is 1. The second-order valence-corrected chi connectivity index (χ2v) is 6.99. The molecule has 1 amide bonds. The molecule has 1 heterocycles. The van der Waals surface area contributed by atoms with Crippen molar-refractivity contribution in [2.45, 2.75) is 38.8 Å². The summed E-state index contributed by atoms with van der Waals surface area (Å²) in [5.41, 5.74) is -0.380. The molecule has 0 bridgehead atoms. The number of aromatic amines is 1. The van der Waals surface area contributed by atoms with Crippen molar-refractivity contribution in [2.75, 3.05) is 7.11 Å². The van der Waals surface area contributed by atoms with Crippen LogP contribution in [0.15, 0.2) is 35.1 Å². The molecular weight excluding hydrogens is 292 g/mol. The summed E-state index contributed by atoms with van der Waals surface area (Å²) in [5.74, 6) is -0.260. The van der Waals surface area contributed by atoms with E-state index in [-0.39, 0.29) is 34.2 Å². The van der Waals surface area contributed by atoms with E-state index < -0.39 is 0 Å². The minimum atomic E-state index is -0.260. The Labute approximate surface area is 135 Å². The highest BCUT2D eigenvalue weighted by atomic mass is 16.5. The summed E-state index contributed by atoms with van der Waals surface area (Å²) >= 11 is 0. The van der Waals surface area contributed by atoms with Crippen molar-refractivity contribution in [3.8, 4) is 0 Å². The van der Waals surface area contributed by atoms with Gasteiger partial charge in [0.15, 0.2) is 0 Å². The number of carbonyl (C=O) groups is 1. The molecule has 2 N–H and O–H groups in total. The van der Waals surface area contributed by atoms with Gasteiger partial charge in [-0.1, -0.05) is 32.0 Å². The molecule has 1 aliphatic carbocycles. The number of carbonyl (C=O) groups excluding carboxylic acids is 1. The van der Waals surface area contributed by atoms with Gasteiger partial charge in [0.05, 0.1) is 5.60 Å². The van der Waals surface area contributed by atoms with E-state index >= 15 is 0 Å². The third-order valence-corrected chi connectivity index (χ3v) is 5.58. The van der Waals surface area contributed by atoms with E-state index in [1.165, 1.54) is 0 Å². The summed E-state index contributed by atoms with van der Waals surface area (Å²) in [5, 5.41) is 4.36. The van der Waals surface area contributed by atoms with Crippen LogP contribution in [0, 0.1) is 5.41 Å². The summed E-state index contributed by atoms with van der Waals surface area (Å²) in [6.45, 7) is 6.20. The molecule has 2 atom stereocenters. The zero-order valence-electron chi connectivity index (χ0n) is 13.9. The number of fused-ring (bicyclic) bond motifs is 1. The average Bonchev–Trinajstić information content (AvgIpc) is 2.54. The highest BCUT2D eigenvalue weighted by molar-refractivity contribution is 5.96. The highest BCUT2D eigenvalue weighted by Crippen LogP contribution is 2.51. The van der Waals surface area contributed by atoms with E-state index in [2.05, 4.69) is 24.1 Å². The Morgan fingerprint density at radius 1 is 1.30 bits per heavy atom. The minimum Gasteiger partial charge on any atom is -0.378 e. The van der Waals surface area contributed by atoms with Crippen molar-refractivity contribution in [3.63, 3.8) is 0 Å². The molecule has 5 nitrogen and oxygen atoms in total. The summed E-state index contributed by atoms with van der Waals surface area (Å²) in [6, 6.07) is 8.95. The maximum Gasteiger partial charge on any atom is 0.268 e. The Kier molecular flexibility index (Phi) is 3.56. The zero-order chi connectivity index (χ0) is 16.8. The van der Waals surface area contributed by atoms with Gasteiger partial charge in [0.1, 0.15) is 5.69 Å². The first-order valence-electron chi connectivity index (χ1n) is 7.76. The van der Waals surface area contributed by atoms with Crippen LogP contribution < -0.4 is 10.9 Å². The predicted molar refractivity (Wildman–Crippen MR) is 89.6 cm³/mol. The molecule has 122 valence electrons.